The molecule has 3 rings (SSSR count). The van der Waals surface area contributed by atoms with Gasteiger partial charge in [-0.1, -0.05) is 29.3 Å². The summed E-state index contributed by atoms with van der Waals surface area (Å²) in [5.74, 6) is 0. The fourth-order valence-electron chi connectivity index (χ4n) is 3.29. The van der Waals surface area contributed by atoms with Crippen molar-refractivity contribution in [3.8, 4) is 0 Å². The summed E-state index contributed by atoms with van der Waals surface area (Å²) in [6.07, 6.45) is 5.70. The van der Waals surface area contributed by atoms with E-state index in [9.17, 15) is 8.42 Å². The van der Waals surface area contributed by atoms with E-state index in [-0.39, 0.29) is 6.04 Å². The molecule has 1 aromatic heterocycles. The van der Waals surface area contributed by atoms with Crippen LogP contribution in [0.4, 0.5) is 0 Å². The number of nitrogens with zero attached hydrogens (tertiary/aromatic N) is 3. The highest BCUT2D eigenvalue weighted by atomic mass is 35.5. The first-order chi connectivity index (χ1) is 12.5. The molecule has 26 heavy (non-hydrogen) atoms. The zero-order chi connectivity index (χ0) is 18.6. The molecule has 2 aromatic rings. The highest BCUT2D eigenvalue weighted by Crippen LogP contribution is 2.23. The van der Waals surface area contributed by atoms with Crippen LogP contribution < -0.4 is 5.32 Å². The molecule has 142 valence electrons. The van der Waals surface area contributed by atoms with Gasteiger partial charge in [0.15, 0.2) is 0 Å². The van der Waals surface area contributed by atoms with E-state index in [0.29, 0.717) is 29.4 Å². The quantitative estimate of drug-likeness (QED) is 0.781. The molecule has 0 atom stereocenters. The van der Waals surface area contributed by atoms with E-state index < -0.39 is 10.0 Å². The number of halogens is 1. The normalized spacial score (nSPS) is 16.3. The Morgan fingerprint density at radius 1 is 1.27 bits per heavy atom. The SMILES string of the molecule is Cc1ccc(S(=O)(=O)N(CCCn2cc(Cl)cn2)C2CCNCC2)cc1. The molecule has 0 radical (unpaired) electrons. The summed E-state index contributed by atoms with van der Waals surface area (Å²) in [5.41, 5.74) is 1.05. The summed E-state index contributed by atoms with van der Waals surface area (Å²) in [7, 11) is -3.52. The lowest BCUT2D eigenvalue weighted by atomic mass is 10.1. The molecule has 1 aromatic carbocycles. The smallest absolute Gasteiger partial charge is 0.243 e. The summed E-state index contributed by atoms with van der Waals surface area (Å²) < 4.78 is 29.9. The number of aromatic nitrogens is 2. The van der Waals surface area contributed by atoms with Crippen LogP contribution in [0.2, 0.25) is 5.02 Å². The lowest BCUT2D eigenvalue weighted by Crippen LogP contribution is -2.46. The van der Waals surface area contributed by atoms with Crippen molar-refractivity contribution in [2.24, 2.45) is 0 Å². The Kier molecular flexibility index (Phi) is 6.34. The minimum absolute atomic E-state index is 0.0313. The van der Waals surface area contributed by atoms with Gasteiger partial charge in [0, 0.05) is 25.3 Å². The predicted octanol–water partition coefficient (Wildman–Crippen LogP) is 2.68. The van der Waals surface area contributed by atoms with Crippen molar-refractivity contribution < 1.29 is 8.42 Å². The average Bonchev–Trinajstić information content (AvgIpc) is 3.05. The highest BCUT2D eigenvalue weighted by Gasteiger charge is 2.31. The minimum Gasteiger partial charge on any atom is -0.317 e. The van der Waals surface area contributed by atoms with Crippen molar-refractivity contribution in [3.63, 3.8) is 0 Å². The van der Waals surface area contributed by atoms with Gasteiger partial charge in [0.25, 0.3) is 0 Å². The van der Waals surface area contributed by atoms with Crippen LogP contribution in [-0.2, 0) is 16.6 Å². The number of benzene rings is 1. The van der Waals surface area contributed by atoms with Crippen molar-refractivity contribution in [2.75, 3.05) is 19.6 Å². The highest BCUT2D eigenvalue weighted by molar-refractivity contribution is 7.89. The molecule has 1 aliphatic rings. The first kappa shape index (κ1) is 19.4. The van der Waals surface area contributed by atoms with Crippen LogP contribution in [0.25, 0.3) is 0 Å². The summed E-state index contributed by atoms with van der Waals surface area (Å²) in [5, 5.41) is 8.05. The van der Waals surface area contributed by atoms with Gasteiger partial charge in [0.05, 0.1) is 16.1 Å². The maximum Gasteiger partial charge on any atom is 0.243 e. The minimum atomic E-state index is -3.52. The van der Waals surface area contributed by atoms with Gasteiger partial charge in [-0.25, -0.2) is 8.42 Å². The maximum atomic E-state index is 13.3. The Morgan fingerprint density at radius 3 is 2.58 bits per heavy atom. The monoisotopic (exact) mass is 396 g/mol. The van der Waals surface area contributed by atoms with Gasteiger partial charge < -0.3 is 5.32 Å². The summed E-state index contributed by atoms with van der Waals surface area (Å²) in [6.45, 7) is 4.75. The van der Waals surface area contributed by atoms with Crippen LogP contribution in [0.3, 0.4) is 0 Å². The van der Waals surface area contributed by atoms with Crippen molar-refractivity contribution in [1.29, 1.82) is 0 Å². The molecule has 0 saturated carbocycles. The number of hydrogen-bond donors (Lipinski definition) is 1. The molecule has 0 aliphatic carbocycles. The average molecular weight is 397 g/mol. The Bertz CT molecular complexity index is 814. The van der Waals surface area contributed by atoms with Crippen LogP contribution in [0.5, 0.6) is 0 Å². The third kappa shape index (κ3) is 4.65. The van der Waals surface area contributed by atoms with E-state index in [1.807, 2.05) is 19.1 Å². The number of rotatable bonds is 7. The van der Waals surface area contributed by atoms with Crippen molar-refractivity contribution in [1.82, 2.24) is 19.4 Å². The lowest BCUT2D eigenvalue weighted by Gasteiger charge is -2.33. The molecule has 0 bridgehead atoms. The molecule has 1 saturated heterocycles. The van der Waals surface area contributed by atoms with Crippen LogP contribution in [0, 0.1) is 6.92 Å². The second-order valence-corrected chi connectivity index (χ2v) is 9.01. The summed E-state index contributed by atoms with van der Waals surface area (Å²) >= 11 is 5.89. The first-order valence-corrected chi connectivity index (χ1v) is 10.8. The van der Waals surface area contributed by atoms with Crippen molar-refractivity contribution in [2.45, 2.75) is 43.7 Å². The number of nitrogens with one attached hydrogen (secondary N) is 1. The number of sulfonamides is 1. The lowest BCUT2D eigenvalue weighted by molar-refractivity contribution is 0.255. The van der Waals surface area contributed by atoms with Crippen molar-refractivity contribution in [3.05, 3.63) is 47.2 Å². The van der Waals surface area contributed by atoms with E-state index in [2.05, 4.69) is 10.4 Å². The predicted molar refractivity (Wildman–Crippen MR) is 103 cm³/mol. The summed E-state index contributed by atoms with van der Waals surface area (Å²) in [4.78, 5) is 0.365. The Balaban J connectivity index is 1.76. The van der Waals surface area contributed by atoms with Gasteiger partial charge in [0.1, 0.15) is 0 Å². The number of piperidine rings is 1. The van der Waals surface area contributed by atoms with Gasteiger partial charge in [-0.3, -0.25) is 4.68 Å². The molecule has 6 nitrogen and oxygen atoms in total. The van der Waals surface area contributed by atoms with Crippen molar-refractivity contribution >= 4 is 21.6 Å². The maximum absolute atomic E-state index is 13.3. The molecular formula is C18H25ClN4O2S. The topological polar surface area (TPSA) is 67.2 Å². The van der Waals surface area contributed by atoms with E-state index in [4.69, 9.17) is 11.6 Å². The zero-order valence-electron chi connectivity index (χ0n) is 14.9. The van der Waals surface area contributed by atoms with Crippen LogP contribution in [0.1, 0.15) is 24.8 Å². The molecule has 0 spiro atoms. The van der Waals surface area contributed by atoms with E-state index in [0.717, 1.165) is 31.5 Å². The second-order valence-electron chi connectivity index (χ2n) is 6.69. The Labute approximate surface area is 160 Å². The Morgan fingerprint density at radius 2 is 1.96 bits per heavy atom. The van der Waals surface area contributed by atoms with E-state index >= 15 is 0 Å². The second kappa shape index (κ2) is 8.52. The van der Waals surface area contributed by atoms with Gasteiger partial charge in [-0.2, -0.15) is 9.40 Å². The van der Waals surface area contributed by atoms with Gasteiger partial charge in [0.2, 0.25) is 10.0 Å². The van der Waals surface area contributed by atoms with Gasteiger partial charge in [-0.05, 0) is 51.4 Å². The van der Waals surface area contributed by atoms with Crippen LogP contribution >= 0.6 is 11.6 Å². The fraction of sp³-hybridized carbons (Fsp3) is 0.500. The van der Waals surface area contributed by atoms with Crippen LogP contribution in [0.15, 0.2) is 41.6 Å². The molecule has 0 amide bonds. The van der Waals surface area contributed by atoms with Gasteiger partial charge in [-0.15, -0.1) is 0 Å². The van der Waals surface area contributed by atoms with Crippen LogP contribution in [-0.4, -0.2) is 48.2 Å². The molecule has 0 unspecified atom stereocenters. The molecule has 1 aliphatic heterocycles. The Hall–Kier alpha value is -1.41. The number of hydrogen-bond acceptors (Lipinski definition) is 4. The number of aryl methyl sites for hydroxylation is 2. The summed E-state index contributed by atoms with van der Waals surface area (Å²) in [6, 6.07) is 7.13. The zero-order valence-corrected chi connectivity index (χ0v) is 16.5. The molecular weight excluding hydrogens is 372 g/mol. The third-order valence-electron chi connectivity index (χ3n) is 4.71. The van der Waals surface area contributed by atoms with E-state index in [1.54, 1.807) is 33.5 Å². The standard InChI is InChI=1S/C18H25ClN4O2S/c1-15-3-5-18(6-4-15)26(24,25)23(17-7-9-20-10-8-17)12-2-11-22-14-16(19)13-21-22/h3-6,13-14,17,20H,2,7-12H2,1H3. The largest absolute Gasteiger partial charge is 0.317 e. The third-order valence-corrected chi connectivity index (χ3v) is 6.87. The molecule has 1 N–H and O–H groups in total. The van der Waals surface area contributed by atoms with Gasteiger partial charge >= 0.3 is 0 Å². The first-order valence-electron chi connectivity index (χ1n) is 8.94. The molecule has 1 fully saturated rings. The molecule has 8 heteroatoms. The molecule has 2 heterocycles. The fourth-order valence-corrected chi connectivity index (χ4v) is 5.17. The van der Waals surface area contributed by atoms with E-state index in [1.165, 1.54) is 0 Å².